The number of aryl methyl sites for hydroxylation is 1. The molecule has 3 aromatic rings. The van der Waals surface area contributed by atoms with Crippen LogP contribution in [0.3, 0.4) is 0 Å². The quantitative estimate of drug-likeness (QED) is 0.667. The van der Waals surface area contributed by atoms with Gasteiger partial charge in [0.2, 0.25) is 0 Å². The summed E-state index contributed by atoms with van der Waals surface area (Å²) in [6.45, 7) is 3.87. The monoisotopic (exact) mass is 336 g/mol. The molecule has 1 aromatic carbocycles. The first kappa shape index (κ1) is 16.6. The fraction of sp³-hybridized carbons (Fsp3) is 0.222. The van der Waals surface area contributed by atoms with Crippen molar-refractivity contribution in [2.45, 2.75) is 26.3 Å². The maximum atomic E-state index is 12.1. The summed E-state index contributed by atoms with van der Waals surface area (Å²) in [5.41, 5.74) is 3.65. The number of H-pyrrole nitrogens is 1. The van der Waals surface area contributed by atoms with Gasteiger partial charge >= 0.3 is 6.03 Å². The first-order valence-electron chi connectivity index (χ1n) is 8.08. The van der Waals surface area contributed by atoms with E-state index in [0.29, 0.717) is 12.2 Å². The molecule has 0 aliphatic rings. The lowest BCUT2D eigenvalue weighted by Crippen LogP contribution is -2.37. The largest absolute Gasteiger partial charge is 0.335 e. The predicted octanol–water partition coefficient (Wildman–Crippen LogP) is 2.93. The molecule has 0 bridgehead atoms. The number of nitrogens with zero attached hydrogens (tertiary/aromatic N) is 3. The number of urea groups is 1. The standard InChI is InChI=1S/C18H20N6O/c1-12(10-15-11-13(2)21-22-15)19-18(25)20-17-9-8-16(23-24-17)14-6-4-3-5-7-14/h3-9,11-12H,10H2,1-2H3,(H,21,22)(H2,19,20,24,25). The smallest absolute Gasteiger partial charge is 0.320 e. The summed E-state index contributed by atoms with van der Waals surface area (Å²) in [6.07, 6.45) is 0.649. The molecule has 3 rings (SSSR count). The van der Waals surface area contributed by atoms with Crippen molar-refractivity contribution in [2.24, 2.45) is 0 Å². The van der Waals surface area contributed by atoms with E-state index < -0.39 is 0 Å². The molecule has 25 heavy (non-hydrogen) atoms. The number of nitrogens with one attached hydrogen (secondary N) is 3. The lowest BCUT2D eigenvalue weighted by Gasteiger charge is -2.13. The van der Waals surface area contributed by atoms with Crippen LogP contribution in [0.5, 0.6) is 0 Å². The van der Waals surface area contributed by atoms with Gasteiger partial charge in [-0.2, -0.15) is 5.10 Å². The Bertz CT molecular complexity index is 828. The second-order valence-electron chi connectivity index (χ2n) is 5.92. The Morgan fingerprint density at radius 1 is 1.16 bits per heavy atom. The molecule has 0 aliphatic carbocycles. The number of benzene rings is 1. The molecule has 1 unspecified atom stereocenters. The highest BCUT2D eigenvalue weighted by Crippen LogP contribution is 2.16. The van der Waals surface area contributed by atoms with Gasteiger partial charge in [0.15, 0.2) is 5.82 Å². The normalized spacial score (nSPS) is 11.8. The number of amides is 2. The Labute approximate surface area is 145 Å². The molecule has 2 heterocycles. The Hall–Kier alpha value is -3.22. The number of hydrogen-bond acceptors (Lipinski definition) is 4. The second-order valence-corrected chi connectivity index (χ2v) is 5.92. The highest BCUT2D eigenvalue weighted by Gasteiger charge is 2.11. The number of carbonyl (C=O) groups excluding carboxylic acids is 1. The summed E-state index contributed by atoms with van der Waals surface area (Å²) in [4.78, 5) is 12.1. The van der Waals surface area contributed by atoms with Crippen molar-refractivity contribution in [1.82, 2.24) is 25.7 Å². The number of aromatic amines is 1. The summed E-state index contributed by atoms with van der Waals surface area (Å²) in [7, 11) is 0. The molecule has 0 aliphatic heterocycles. The second kappa shape index (κ2) is 7.57. The van der Waals surface area contributed by atoms with Gasteiger partial charge in [0.25, 0.3) is 0 Å². The van der Waals surface area contributed by atoms with E-state index in [2.05, 4.69) is 31.0 Å². The van der Waals surface area contributed by atoms with Crippen LogP contribution in [-0.2, 0) is 6.42 Å². The molecule has 128 valence electrons. The summed E-state index contributed by atoms with van der Waals surface area (Å²) >= 11 is 0. The van der Waals surface area contributed by atoms with Gasteiger partial charge in [-0.05, 0) is 32.0 Å². The number of hydrogen-bond donors (Lipinski definition) is 3. The van der Waals surface area contributed by atoms with Crippen LogP contribution >= 0.6 is 0 Å². The molecule has 0 saturated carbocycles. The molecule has 1 atom stereocenters. The molecule has 7 nitrogen and oxygen atoms in total. The zero-order valence-corrected chi connectivity index (χ0v) is 14.2. The van der Waals surface area contributed by atoms with Crippen LogP contribution in [-0.4, -0.2) is 32.5 Å². The van der Waals surface area contributed by atoms with Crippen molar-refractivity contribution in [1.29, 1.82) is 0 Å². The third kappa shape index (κ3) is 4.63. The van der Waals surface area contributed by atoms with Gasteiger partial charge in [-0.15, -0.1) is 10.2 Å². The van der Waals surface area contributed by atoms with Crippen molar-refractivity contribution in [3.05, 3.63) is 59.9 Å². The molecule has 0 saturated heterocycles. The number of rotatable bonds is 5. The minimum atomic E-state index is -0.318. The van der Waals surface area contributed by atoms with Gasteiger partial charge in [-0.1, -0.05) is 30.3 Å². The minimum absolute atomic E-state index is 0.0562. The molecule has 0 radical (unpaired) electrons. The highest BCUT2D eigenvalue weighted by molar-refractivity contribution is 5.88. The summed E-state index contributed by atoms with van der Waals surface area (Å²) in [5, 5.41) is 20.8. The maximum absolute atomic E-state index is 12.1. The van der Waals surface area contributed by atoms with Gasteiger partial charge < -0.3 is 5.32 Å². The van der Waals surface area contributed by atoms with Gasteiger partial charge in [0, 0.05) is 23.7 Å². The van der Waals surface area contributed by atoms with Crippen LogP contribution in [0.15, 0.2) is 48.5 Å². The highest BCUT2D eigenvalue weighted by atomic mass is 16.2. The fourth-order valence-corrected chi connectivity index (χ4v) is 2.48. The predicted molar refractivity (Wildman–Crippen MR) is 96.1 cm³/mol. The first-order valence-corrected chi connectivity index (χ1v) is 8.08. The van der Waals surface area contributed by atoms with Crippen molar-refractivity contribution >= 4 is 11.8 Å². The van der Waals surface area contributed by atoms with E-state index in [4.69, 9.17) is 0 Å². The number of anilines is 1. The van der Waals surface area contributed by atoms with Crippen molar-refractivity contribution in [3.8, 4) is 11.3 Å². The lowest BCUT2D eigenvalue weighted by atomic mass is 10.1. The van der Waals surface area contributed by atoms with Crippen molar-refractivity contribution in [2.75, 3.05) is 5.32 Å². The van der Waals surface area contributed by atoms with Crippen molar-refractivity contribution in [3.63, 3.8) is 0 Å². The molecule has 3 N–H and O–H groups in total. The lowest BCUT2D eigenvalue weighted by molar-refractivity contribution is 0.249. The Morgan fingerprint density at radius 2 is 1.96 bits per heavy atom. The van der Waals surface area contributed by atoms with E-state index in [1.165, 1.54) is 0 Å². The number of carbonyl (C=O) groups is 1. The Morgan fingerprint density at radius 3 is 2.60 bits per heavy atom. The average molecular weight is 336 g/mol. The first-order chi connectivity index (χ1) is 12.1. The van der Waals surface area contributed by atoms with E-state index in [9.17, 15) is 4.79 Å². The molecular weight excluding hydrogens is 316 g/mol. The van der Waals surface area contributed by atoms with Crippen molar-refractivity contribution < 1.29 is 4.79 Å². The van der Waals surface area contributed by atoms with E-state index in [-0.39, 0.29) is 12.1 Å². The zero-order valence-electron chi connectivity index (χ0n) is 14.2. The van der Waals surface area contributed by atoms with E-state index >= 15 is 0 Å². The summed E-state index contributed by atoms with van der Waals surface area (Å²) < 4.78 is 0. The van der Waals surface area contributed by atoms with Gasteiger partial charge in [-0.3, -0.25) is 10.4 Å². The van der Waals surface area contributed by atoms with Crippen LogP contribution < -0.4 is 10.6 Å². The van der Waals surface area contributed by atoms with E-state index in [1.54, 1.807) is 6.07 Å². The van der Waals surface area contributed by atoms with Gasteiger partial charge in [0.1, 0.15) is 0 Å². The zero-order chi connectivity index (χ0) is 17.6. The SMILES string of the molecule is Cc1cc(CC(C)NC(=O)Nc2ccc(-c3ccccc3)nn2)n[nH]1. The van der Waals surface area contributed by atoms with Crippen LogP contribution in [0, 0.1) is 6.92 Å². The summed E-state index contributed by atoms with van der Waals surface area (Å²) in [6, 6.07) is 14.9. The maximum Gasteiger partial charge on any atom is 0.320 e. The fourth-order valence-electron chi connectivity index (χ4n) is 2.48. The minimum Gasteiger partial charge on any atom is -0.335 e. The Balaban J connectivity index is 1.54. The van der Waals surface area contributed by atoms with Crippen LogP contribution in [0.1, 0.15) is 18.3 Å². The van der Waals surface area contributed by atoms with Gasteiger partial charge in [-0.25, -0.2) is 4.79 Å². The third-order valence-corrected chi connectivity index (χ3v) is 3.63. The third-order valence-electron chi connectivity index (χ3n) is 3.63. The molecule has 7 heteroatoms. The molecular formula is C18H20N6O. The topological polar surface area (TPSA) is 95.6 Å². The molecule has 0 spiro atoms. The van der Waals surface area contributed by atoms with Crippen LogP contribution in [0.4, 0.5) is 10.6 Å². The molecule has 2 amide bonds. The van der Waals surface area contributed by atoms with E-state index in [0.717, 1.165) is 22.6 Å². The van der Waals surface area contributed by atoms with Gasteiger partial charge in [0.05, 0.1) is 11.4 Å². The molecule has 0 fully saturated rings. The Kier molecular flexibility index (Phi) is 5.03. The van der Waals surface area contributed by atoms with Crippen LogP contribution in [0.25, 0.3) is 11.3 Å². The molecule has 2 aromatic heterocycles. The van der Waals surface area contributed by atoms with Crippen LogP contribution in [0.2, 0.25) is 0 Å². The summed E-state index contributed by atoms with van der Waals surface area (Å²) in [5.74, 6) is 0.403. The van der Waals surface area contributed by atoms with E-state index in [1.807, 2.05) is 56.3 Å². The number of aromatic nitrogens is 4. The average Bonchev–Trinajstić information content (AvgIpc) is 3.01.